The van der Waals surface area contributed by atoms with Crippen molar-refractivity contribution < 1.29 is 9.90 Å². The number of phenols is 1. The van der Waals surface area contributed by atoms with Gasteiger partial charge in [0.15, 0.2) is 0 Å². The van der Waals surface area contributed by atoms with Gasteiger partial charge in [0.25, 0.3) is 5.91 Å². The second kappa shape index (κ2) is 6.54. The third-order valence-electron chi connectivity index (χ3n) is 4.26. The molecule has 5 nitrogen and oxygen atoms in total. The highest BCUT2D eigenvalue weighted by Gasteiger charge is 2.28. The van der Waals surface area contributed by atoms with Crippen molar-refractivity contribution in [1.29, 1.82) is 0 Å². The molecule has 2 aromatic rings. The average molecular weight is 343 g/mol. The summed E-state index contributed by atoms with van der Waals surface area (Å²) < 4.78 is 0. The fourth-order valence-corrected chi connectivity index (χ4v) is 2.80. The Kier molecular flexibility index (Phi) is 4.98. The maximum absolute atomic E-state index is 12.9. The Morgan fingerprint density at radius 1 is 1.12 bits per heavy atom. The number of carbonyl (C=O) groups excluding carboxylic acids is 1. The Morgan fingerprint density at radius 3 is 2.04 bits per heavy atom. The van der Waals surface area contributed by atoms with E-state index < -0.39 is 0 Å². The van der Waals surface area contributed by atoms with Gasteiger partial charge in [0.2, 0.25) is 0 Å². The zero-order valence-corrected chi connectivity index (χ0v) is 16.3. The van der Waals surface area contributed by atoms with Gasteiger partial charge in [-0.1, -0.05) is 41.5 Å². The highest BCUT2D eigenvalue weighted by atomic mass is 16.3. The van der Waals surface area contributed by atoms with E-state index in [1.807, 2.05) is 53.7 Å². The molecule has 0 spiro atoms. The zero-order chi connectivity index (χ0) is 19.0. The quantitative estimate of drug-likeness (QED) is 0.885. The number of hydrogen-bond donors (Lipinski definition) is 2. The lowest BCUT2D eigenvalue weighted by Crippen LogP contribution is -2.28. The van der Waals surface area contributed by atoms with Crippen molar-refractivity contribution in [1.82, 2.24) is 14.9 Å². The van der Waals surface area contributed by atoms with E-state index in [-0.39, 0.29) is 22.5 Å². The number of phenolic OH excluding ortho intramolecular Hbond substituents is 1. The molecule has 1 aromatic carbocycles. The number of aromatic hydroxyl groups is 1. The fourth-order valence-electron chi connectivity index (χ4n) is 2.80. The molecule has 5 heteroatoms. The number of nitrogens with zero attached hydrogens (tertiary/aromatic N) is 2. The molecule has 0 aliphatic rings. The van der Waals surface area contributed by atoms with Crippen LogP contribution in [-0.2, 0) is 17.4 Å². The van der Waals surface area contributed by atoms with Crippen LogP contribution in [0.4, 0.5) is 0 Å². The van der Waals surface area contributed by atoms with Crippen LogP contribution in [0, 0.1) is 0 Å². The van der Waals surface area contributed by atoms with E-state index in [2.05, 4.69) is 9.97 Å². The van der Waals surface area contributed by atoms with Gasteiger partial charge < -0.3 is 15.0 Å². The van der Waals surface area contributed by atoms with Crippen LogP contribution >= 0.6 is 0 Å². The molecule has 2 N–H and O–H groups in total. The van der Waals surface area contributed by atoms with Crippen LogP contribution in [0.15, 0.2) is 24.5 Å². The summed E-state index contributed by atoms with van der Waals surface area (Å²) in [6, 6.07) is 3.62. The van der Waals surface area contributed by atoms with Gasteiger partial charge in [-0.15, -0.1) is 0 Å². The number of carbonyl (C=O) groups is 1. The molecule has 1 amide bonds. The molecule has 0 saturated carbocycles. The Balaban J connectivity index is 2.48. The van der Waals surface area contributed by atoms with E-state index in [1.54, 1.807) is 24.3 Å². The first kappa shape index (κ1) is 19.0. The number of nitrogens with one attached hydrogen (secondary N) is 1. The first-order valence-corrected chi connectivity index (χ1v) is 8.53. The molecule has 0 fully saturated rings. The summed E-state index contributed by atoms with van der Waals surface area (Å²) >= 11 is 0. The van der Waals surface area contributed by atoms with Gasteiger partial charge in [-0.3, -0.25) is 4.79 Å². The minimum atomic E-state index is -0.264. The number of rotatable bonds is 3. The van der Waals surface area contributed by atoms with Gasteiger partial charge in [0.05, 0.1) is 6.54 Å². The number of amides is 1. The molecule has 0 aliphatic carbocycles. The van der Waals surface area contributed by atoms with Crippen molar-refractivity contribution >= 4 is 5.91 Å². The van der Waals surface area contributed by atoms with E-state index >= 15 is 0 Å². The predicted molar refractivity (Wildman–Crippen MR) is 99.9 cm³/mol. The number of imidazole rings is 1. The van der Waals surface area contributed by atoms with Crippen molar-refractivity contribution in [2.24, 2.45) is 0 Å². The molecule has 0 radical (unpaired) electrons. The van der Waals surface area contributed by atoms with Crippen molar-refractivity contribution in [3.8, 4) is 5.75 Å². The van der Waals surface area contributed by atoms with Gasteiger partial charge >= 0.3 is 0 Å². The summed E-state index contributed by atoms with van der Waals surface area (Å²) in [4.78, 5) is 21.8. The number of benzene rings is 1. The molecule has 25 heavy (non-hydrogen) atoms. The van der Waals surface area contributed by atoms with Crippen LogP contribution in [0.2, 0.25) is 0 Å². The highest BCUT2D eigenvalue weighted by molar-refractivity contribution is 5.95. The third kappa shape index (κ3) is 4.21. The van der Waals surface area contributed by atoms with Gasteiger partial charge in [-0.05, 0) is 23.0 Å². The lowest BCUT2D eigenvalue weighted by molar-refractivity contribution is 0.0781. The van der Waals surface area contributed by atoms with Crippen LogP contribution in [-0.4, -0.2) is 32.9 Å². The topological polar surface area (TPSA) is 69.2 Å². The van der Waals surface area contributed by atoms with Gasteiger partial charge in [0, 0.05) is 36.1 Å². The number of hydrogen-bond acceptors (Lipinski definition) is 3. The SMILES string of the molecule is CN(Cc1ncc[nH]1)C(=O)c1cc(C(C)(C)C)c(O)c(C(C)(C)C)c1. The van der Waals surface area contributed by atoms with Crippen LogP contribution < -0.4 is 0 Å². The highest BCUT2D eigenvalue weighted by Crippen LogP contribution is 2.39. The van der Waals surface area contributed by atoms with E-state index in [9.17, 15) is 9.90 Å². The summed E-state index contributed by atoms with van der Waals surface area (Å²) in [6.45, 7) is 12.6. The lowest BCUT2D eigenvalue weighted by atomic mass is 9.78. The Morgan fingerprint density at radius 2 is 1.64 bits per heavy atom. The molecule has 1 aromatic heterocycles. The third-order valence-corrected chi connectivity index (χ3v) is 4.26. The number of aromatic nitrogens is 2. The second-order valence-electron chi connectivity index (χ2n) is 8.62. The van der Waals surface area contributed by atoms with Crippen molar-refractivity contribution in [3.63, 3.8) is 0 Å². The van der Waals surface area contributed by atoms with Gasteiger partial charge in [-0.25, -0.2) is 4.98 Å². The van der Waals surface area contributed by atoms with Crippen LogP contribution in [0.5, 0.6) is 5.75 Å². The normalized spacial score (nSPS) is 12.3. The Bertz CT molecular complexity index is 715. The fraction of sp³-hybridized carbons (Fsp3) is 0.500. The minimum absolute atomic E-state index is 0.0904. The standard InChI is InChI=1S/C20H29N3O2/c1-19(2,3)14-10-13(11-15(17(14)24)20(4,5)6)18(25)23(7)12-16-21-8-9-22-16/h8-11,24H,12H2,1-7H3,(H,21,22). The second-order valence-corrected chi connectivity index (χ2v) is 8.62. The molecule has 1 heterocycles. The summed E-state index contributed by atoms with van der Waals surface area (Å²) in [5.74, 6) is 0.930. The smallest absolute Gasteiger partial charge is 0.254 e. The Labute approximate surface area is 150 Å². The van der Waals surface area contributed by atoms with Gasteiger partial charge in [-0.2, -0.15) is 0 Å². The maximum Gasteiger partial charge on any atom is 0.254 e. The summed E-state index contributed by atoms with van der Waals surface area (Å²) in [5.41, 5.74) is 1.63. The maximum atomic E-state index is 12.9. The molecule has 0 unspecified atom stereocenters. The van der Waals surface area contributed by atoms with E-state index in [1.165, 1.54) is 0 Å². The van der Waals surface area contributed by atoms with Gasteiger partial charge in [0.1, 0.15) is 11.6 Å². The molecule has 2 rings (SSSR count). The zero-order valence-electron chi connectivity index (χ0n) is 16.3. The molecule has 0 aliphatic heterocycles. The Hall–Kier alpha value is -2.30. The van der Waals surface area contributed by atoms with Crippen LogP contribution in [0.25, 0.3) is 0 Å². The van der Waals surface area contributed by atoms with E-state index in [0.29, 0.717) is 12.1 Å². The first-order valence-electron chi connectivity index (χ1n) is 8.53. The molecule has 136 valence electrons. The number of aromatic amines is 1. The van der Waals surface area contributed by atoms with Crippen molar-refractivity contribution in [2.45, 2.75) is 58.9 Å². The average Bonchev–Trinajstić information content (AvgIpc) is 2.97. The summed E-state index contributed by atoms with van der Waals surface area (Å²) in [6.07, 6.45) is 3.41. The predicted octanol–water partition coefficient (Wildman–Crippen LogP) is 3.98. The van der Waals surface area contributed by atoms with Crippen molar-refractivity contribution in [3.05, 3.63) is 47.0 Å². The lowest BCUT2D eigenvalue weighted by Gasteiger charge is -2.28. The minimum Gasteiger partial charge on any atom is -0.507 e. The largest absolute Gasteiger partial charge is 0.507 e. The van der Waals surface area contributed by atoms with E-state index in [4.69, 9.17) is 0 Å². The van der Waals surface area contributed by atoms with Crippen LogP contribution in [0.3, 0.4) is 0 Å². The molecule has 0 atom stereocenters. The molecule has 0 bridgehead atoms. The monoisotopic (exact) mass is 343 g/mol. The molecule has 0 saturated heterocycles. The van der Waals surface area contributed by atoms with E-state index in [0.717, 1.165) is 17.0 Å². The molecular formula is C20H29N3O2. The first-order chi connectivity index (χ1) is 11.4. The number of H-pyrrole nitrogens is 1. The van der Waals surface area contributed by atoms with Crippen LogP contribution in [0.1, 0.15) is 68.9 Å². The summed E-state index contributed by atoms with van der Waals surface area (Å²) in [7, 11) is 1.76. The van der Waals surface area contributed by atoms with Crippen molar-refractivity contribution in [2.75, 3.05) is 7.05 Å². The molecular weight excluding hydrogens is 314 g/mol. The summed E-state index contributed by atoms with van der Waals surface area (Å²) in [5, 5.41) is 10.8.